The van der Waals surface area contributed by atoms with Crippen molar-refractivity contribution < 1.29 is 9.59 Å². The van der Waals surface area contributed by atoms with Gasteiger partial charge in [0.25, 0.3) is 0 Å². The molecule has 2 N–H and O–H groups in total. The average Bonchev–Trinajstić information content (AvgIpc) is 3.08. The van der Waals surface area contributed by atoms with Crippen LogP contribution in [0.5, 0.6) is 0 Å². The van der Waals surface area contributed by atoms with E-state index in [2.05, 4.69) is 20.8 Å². The van der Waals surface area contributed by atoms with Gasteiger partial charge >= 0.3 is 0 Å². The van der Waals surface area contributed by atoms with Gasteiger partial charge in [-0.05, 0) is 42.7 Å². The third kappa shape index (κ3) is 5.93. The van der Waals surface area contributed by atoms with E-state index in [1.807, 2.05) is 69.4 Å². The molecule has 8 heteroatoms. The minimum Gasteiger partial charge on any atom is -0.349 e. The lowest BCUT2D eigenvalue weighted by atomic mass is 10.1. The minimum absolute atomic E-state index is 0.0776. The van der Waals surface area contributed by atoms with E-state index in [-0.39, 0.29) is 24.1 Å². The normalized spacial score (nSPS) is 10.6. The number of anilines is 1. The molecular formula is C22H25N5O2S. The van der Waals surface area contributed by atoms with Gasteiger partial charge in [0.2, 0.25) is 11.8 Å². The molecule has 0 fully saturated rings. The maximum absolute atomic E-state index is 12.2. The van der Waals surface area contributed by atoms with Crippen LogP contribution in [0.2, 0.25) is 0 Å². The number of aryl methyl sites for hydroxylation is 2. The number of amides is 2. The van der Waals surface area contributed by atoms with Crippen LogP contribution in [0.15, 0.2) is 53.7 Å². The smallest absolute Gasteiger partial charge is 0.234 e. The highest BCUT2D eigenvalue weighted by molar-refractivity contribution is 7.99. The summed E-state index contributed by atoms with van der Waals surface area (Å²) in [6.45, 7) is 4.33. The van der Waals surface area contributed by atoms with Crippen LogP contribution in [0.4, 0.5) is 5.69 Å². The molecule has 0 radical (unpaired) electrons. The Balaban J connectivity index is 1.48. The fraction of sp³-hybridized carbons (Fsp3) is 0.273. The van der Waals surface area contributed by atoms with E-state index < -0.39 is 0 Å². The van der Waals surface area contributed by atoms with Gasteiger partial charge in [0.15, 0.2) is 11.0 Å². The molecule has 0 saturated carbocycles. The van der Waals surface area contributed by atoms with Crippen molar-refractivity contribution in [2.45, 2.75) is 32.0 Å². The highest BCUT2D eigenvalue weighted by Crippen LogP contribution is 2.18. The van der Waals surface area contributed by atoms with Crippen LogP contribution in [-0.4, -0.2) is 32.3 Å². The highest BCUT2D eigenvalue weighted by atomic mass is 32.2. The molecule has 3 rings (SSSR count). The van der Waals surface area contributed by atoms with E-state index in [1.165, 1.54) is 17.3 Å². The summed E-state index contributed by atoms with van der Waals surface area (Å²) >= 11 is 1.30. The number of nitrogens with one attached hydrogen (secondary N) is 2. The number of aromatic nitrogens is 3. The maximum Gasteiger partial charge on any atom is 0.234 e. The van der Waals surface area contributed by atoms with Crippen LogP contribution >= 0.6 is 11.8 Å². The Morgan fingerprint density at radius 2 is 1.77 bits per heavy atom. The van der Waals surface area contributed by atoms with E-state index in [4.69, 9.17) is 0 Å². The lowest BCUT2D eigenvalue weighted by Crippen LogP contribution is -2.26. The molecule has 1 aromatic heterocycles. The summed E-state index contributed by atoms with van der Waals surface area (Å²) in [5.41, 5.74) is 4.06. The van der Waals surface area contributed by atoms with Gasteiger partial charge in [-0.15, -0.1) is 10.2 Å². The highest BCUT2D eigenvalue weighted by Gasteiger charge is 2.13. The summed E-state index contributed by atoms with van der Waals surface area (Å²) in [6.07, 6.45) is 0.318. The van der Waals surface area contributed by atoms with E-state index in [0.717, 1.165) is 16.8 Å². The average molecular weight is 424 g/mol. The minimum atomic E-state index is -0.107. The maximum atomic E-state index is 12.2. The first-order chi connectivity index (χ1) is 14.4. The van der Waals surface area contributed by atoms with Crippen molar-refractivity contribution in [2.75, 3.05) is 11.1 Å². The largest absolute Gasteiger partial charge is 0.349 e. The zero-order valence-electron chi connectivity index (χ0n) is 17.3. The molecule has 156 valence electrons. The Bertz CT molecular complexity index is 1030. The predicted octanol–water partition coefficient (Wildman–Crippen LogP) is 3.02. The van der Waals surface area contributed by atoms with Crippen LogP contribution in [0.1, 0.15) is 22.5 Å². The van der Waals surface area contributed by atoms with Gasteiger partial charge < -0.3 is 15.2 Å². The van der Waals surface area contributed by atoms with Crippen LogP contribution < -0.4 is 10.6 Å². The SMILES string of the molecule is Cc1ccc(NC(=O)CSc2nnc(CNC(=O)Cc3ccccc3)n2C)cc1C. The summed E-state index contributed by atoms with van der Waals surface area (Å²) in [5.74, 6) is 0.669. The van der Waals surface area contributed by atoms with E-state index in [9.17, 15) is 9.59 Å². The van der Waals surface area contributed by atoms with E-state index in [1.54, 1.807) is 4.57 Å². The molecule has 0 aliphatic carbocycles. The predicted molar refractivity (Wildman–Crippen MR) is 118 cm³/mol. The zero-order chi connectivity index (χ0) is 21.5. The summed E-state index contributed by atoms with van der Waals surface area (Å²) in [4.78, 5) is 24.4. The zero-order valence-corrected chi connectivity index (χ0v) is 18.1. The first-order valence-electron chi connectivity index (χ1n) is 9.61. The summed E-state index contributed by atoms with van der Waals surface area (Å²) in [7, 11) is 1.82. The van der Waals surface area contributed by atoms with E-state index in [0.29, 0.717) is 17.4 Å². The standard InChI is InChI=1S/C22H25N5O2S/c1-15-9-10-18(11-16(15)2)24-21(29)14-30-22-26-25-19(27(22)3)13-23-20(28)12-17-7-5-4-6-8-17/h4-11H,12-14H2,1-3H3,(H,23,28)(H,24,29). The van der Waals surface area contributed by atoms with Crippen LogP contribution in [0.3, 0.4) is 0 Å². The molecule has 0 atom stereocenters. The molecule has 3 aromatic rings. The van der Waals surface area contributed by atoms with Gasteiger partial charge in [-0.1, -0.05) is 48.2 Å². The Kier molecular flexibility index (Phi) is 7.24. The second-order valence-electron chi connectivity index (χ2n) is 7.03. The van der Waals surface area contributed by atoms with Crippen molar-refractivity contribution in [1.82, 2.24) is 20.1 Å². The summed E-state index contributed by atoms with van der Waals surface area (Å²) in [5, 5.41) is 14.6. The molecular weight excluding hydrogens is 398 g/mol. The molecule has 2 amide bonds. The number of thioether (sulfide) groups is 1. The van der Waals surface area contributed by atoms with Crippen molar-refractivity contribution in [2.24, 2.45) is 7.05 Å². The first kappa shape index (κ1) is 21.6. The van der Waals surface area contributed by atoms with Gasteiger partial charge in [0.05, 0.1) is 18.7 Å². The number of carbonyl (C=O) groups excluding carboxylic acids is 2. The number of rotatable bonds is 8. The molecule has 2 aromatic carbocycles. The van der Waals surface area contributed by atoms with Crippen LogP contribution in [0.25, 0.3) is 0 Å². The van der Waals surface area contributed by atoms with Gasteiger partial charge in [-0.25, -0.2) is 0 Å². The third-order valence-electron chi connectivity index (χ3n) is 4.70. The lowest BCUT2D eigenvalue weighted by molar-refractivity contribution is -0.120. The Hall–Kier alpha value is -3.13. The molecule has 1 heterocycles. The molecule has 0 saturated heterocycles. The Labute approximate surface area is 180 Å². The Morgan fingerprint density at radius 3 is 2.50 bits per heavy atom. The molecule has 0 aliphatic rings. The topological polar surface area (TPSA) is 88.9 Å². The fourth-order valence-electron chi connectivity index (χ4n) is 2.79. The second kappa shape index (κ2) is 10.1. The lowest BCUT2D eigenvalue weighted by Gasteiger charge is -2.08. The quantitative estimate of drug-likeness (QED) is 0.544. The molecule has 30 heavy (non-hydrogen) atoms. The molecule has 0 spiro atoms. The number of carbonyl (C=O) groups is 2. The Morgan fingerprint density at radius 1 is 1.00 bits per heavy atom. The molecule has 0 bridgehead atoms. The van der Waals surface area contributed by atoms with Crippen molar-refractivity contribution >= 4 is 29.3 Å². The number of nitrogens with zero attached hydrogens (tertiary/aromatic N) is 3. The third-order valence-corrected chi connectivity index (χ3v) is 5.72. The van der Waals surface area contributed by atoms with Gasteiger partial charge in [-0.3, -0.25) is 9.59 Å². The number of benzene rings is 2. The van der Waals surface area contributed by atoms with E-state index >= 15 is 0 Å². The van der Waals surface area contributed by atoms with Crippen molar-refractivity contribution in [3.63, 3.8) is 0 Å². The summed E-state index contributed by atoms with van der Waals surface area (Å²) in [6, 6.07) is 15.4. The number of hydrogen-bond donors (Lipinski definition) is 2. The summed E-state index contributed by atoms with van der Waals surface area (Å²) < 4.78 is 1.79. The fourth-order valence-corrected chi connectivity index (χ4v) is 3.52. The van der Waals surface area contributed by atoms with Crippen molar-refractivity contribution in [3.05, 3.63) is 71.0 Å². The van der Waals surface area contributed by atoms with Crippen LogP contribution in [-0.2, 0) is 29.6 Å². The molecule has 7 nitrogen and oxygen atoms in total. The first-order valence-corrected chi connectivity index (χ1v) is 10.6. The molecule has 0 unspecified atom stereocenters. The molecule has 0 aliphatic heterocycles. The number of hydrogen-bond acceptors (Lipinski definition) is 5. The van der Waals surface area contributed by atoms with Crippen molar-refractivity contribution in [1.29, 1.82) is 0 Å². The van der Waals surface area contributed by atoms with Gasteiger partial charge in [-0.2, -0.15) is 0 Å². The second-order valence-corrected chi connectivity index (χ2v) is 7.98. The van der Waals surface area contributed by atoms with Crippen LogP contribution in [0, 0.1) is 13.8 Å². The van der Waals surface area contributed by atoms with Gasteiger partial charge in [0, 0.05) is 12.7 Å². The monoisotopic (exact) mass is 423 g/mol. The van der Waals surface area contributed by atoms with Gasteiger partial charge in [0.1, 0.15) is 0 Å². The van der Waals surface area contributed by atoms with Crippen molar-refractivity contribution in [3.8, 4) is 0 Å².